The largest absolute Gasteiger partial charge is 0.442 e. The highest BCUT2D eigenvalue weighted by molar-refractivity contribution is 8.00. The van der Waals surface area contributed by atoms with Gasteiger partial charge in [0.15, 0.2) is 0 Å². The van der Waals surface area contributed by atoms with Gasteiger partial charge in [0.05, 0.1) is 17.6 Å². The zero-order valence-electron chi connectivity index (χ0n) is 10.9. The van der Waals surface area contributed by atoms with Crippen LogP contribution in [0.5, 0.6) is 0 Å². The number of carbonyl (C=O) groups excluding carboxylic acids is 1. The third kappa shape index (κ3) is 4.32. The number of nitrogens with zero attached hydrogens (tertiary/aromatic N) is 3. The van der Waals surface area contributed by atoms with Gasteiger partial charge in [-0.1, -0.05) is 0 Å². The first-order valence-electron chi connectivity index (χ1n) is 6.07. The molecule has 1 aliphatic heterocycles. The molecule has 112 valence electrons. The summed E-state index contributed by atoms with van der Waals surface area (Å²) in [5, 5.41) is 6.69. The zero-order chi connectivity index (χ0) is 14.8. The van der Waals surface area contributed by atoms with E-state index in [1.165, 1.54) is 0 Å². The van der Waals surface area contributed by atoms with Gasteiger partial charge in [-0.15, -0.1) is 0 Å². The molecule has 1 fully saturated rings. The number of amides is 1. The van der Waals surface area contributed by atoms with E-state index in [1.807, 2.05) is 13.2 Å². The molecule has 0 aliphatic carbocycles. The van der Waals surface area contributed by atoms with Gasteiger partial charge in [0.2, 0.25) is 5.91 Å². The maximum absolute atomic E-state index is 12.0. The first-order chi connectivity index (χ1) is 9.33. The van der Waals surface area contributed by atoms with E-state index in [2.05, 4.69) is 15.3 Å². The van der Waals surface area contributed by atoms with E-state index in [0.717, 1.165) is 18.7 Å². The van der Waals surface area contributed by atoms with Crippen LogP contribution in [0, 0.1) is 0 Å². The Hall–Kier alpha value is -1.38. The molecule has 5 nitrogen and oxygen atoms in total. The van der Waals surface area contributed by atoms with E-state index >= 15 is 0 Å². The molecule has 0 saturated carbocycles. The van der Waals surface area contributed by atoms with Crippen LogP contribution in [0.4, 0.5) is 18.9 Å². The van der Waals surface area contributed by atoms with Crippen LogP contribution in [0.1, 0.15) is 6.42 Å². The summed E-state index contributed by atoms with van der Waals surface area (Å²) in [6.07, 6.45) is 4.31. The van der Waals surface area contributed by atoms with Gasteiger partial charge < -0.3 is 10.2 Å². The highest BCUT2D eigenvalue weighted by atomic mass is 32.2. The summed E-state index contributed by atoms with van der Waals surface area (Å²) in [5.41, 5.74) is -3.41. The molecule has 2 rings (SSSR count). The predicted molar refractivity (Wildman–Crippen MR) is 70.5 cm³/mol. The highest BCUT2D eigenvalue weighted by Gasteiger charge is 2.30. The number of halogens is 3. The van der Waals surface area contributed by atoms with Gasteiger partial charge in [-0.2, -0.15) is 18.3 Å². The monoisotopic (exact) mass is 308 g/mol. The van der Waals surface area contributed by atoms with Gasteiger partial charge >= 0.3 is 5.51 Å². The van der Waals surface area contributed by atoms with Gasteiger partial charge in [0.1, 0.15) is 0 Å². The molecule has 0 bridgehead atoms. The lowest BCUT2D eigenvalue weighted by molar-refractivity contribution is -0.119. The van der Waals surface area contributed by atoms with E-state index in [9.17, 15) is 18.0 Å². The number of aromatic nitrogens is 2. The molecule has 1 aliphatic rings. The van der Waals surface area contributed by atoms with Crippen molar-refractivity contribution in [3.8, 4) is 0 Å². The number of alkyl halides is 3. The number of carbonyl (C=O) groups is 1. The third-order valence-electron chi connectivity index (χ3n) is 2.98. The van der Waals surface area contributed by atoms with Crippen molar-refractivity contribution in [1.29, 1.82) is 0 Å². The second-order valence-electron chi connectivity index (χ2n) is 4.61. The Morgan fingerprint density at radius 3 is 2.95 bits per heavy atom. The first-order valence-corrected chi connectivity index (χ1v) is 7.06. The summed E-state index contributed by atoms with van der Waals surface area (Å²) < 4.78 is 37.6. The molecule has 0 aromatic carbocycles. The second kappa shape index (κ2) is 5.94. The topological polar surface area (TPSA) is 50.2 Å². The van der Waals surface area contributed by atoms with Crippen LogP contribution in [0.3, 0.4) is 0 Å². The standard InChI is InChI=1S/C11H15F3N4OS/c1-17-6-9(4-15-17)18-3-2-8(5-18)16-10(19)7-20-11(12,13)14/h4,6,8H,2-3,5,7H2,1H3,(H,16,19)/t8-/m1/s1. The minimum atomic E-state index is -4.37. The Bertz CT molecular complexity index is 476. The quantitative estimate of drug-likeness (QED) is 0.913. The second-order valence-corrected chi connectivity index (χ2v) is 5.65. The fourth-order valence-corrected chi connectivity index (χ4v) is 2.48. The van der Waals surface area contributed by atoms with E-state index < -0.39 is 17.2 Å². The average molecular weight is 308 g/mol. The van der Waals surface area contributed by atoms with Crippen molar-refractivity contribution in [2.75, 3.05) is 23.7 Å². The molecule has 0 unspecified atom stereocenters. The van der Waals surface area contributed by atoms with Crippen molar-refractivity contribution in [3.63, 3.8) is 0 Å². The Morgan fingerprint density at radius 2 is 2.35 bits per heavy atom. The van der Waals surface area contributed by atoms with E-state index in [0.29, 0.717) is 6.54 Å². The predicted octanol–water partition coefficient (Wildman–Crippen LogP) is 1.37. The summed E-state index contributed by atoms with van der Waals surface area (Å²) in [6.45, 7) is 1.34. The molecule has 1 aromatic heterocycles. The van der Waals surface area contributed by atoms with Crippen molar-refractivity contribution in [2.45, 2.75) is 18.0 Å². The molecule has 9 heteroatoms. The van der Waals surface area contributed by atoms with Crippen molar-refractivity contribution in [2.24, 2.45) is 7.05 Å². The Morgan fingerprint density at radius 1 is 1.60 bits per heavy atom. The minimum absolute atomic E-state index is 0.114. The Labute approximate surface area is 118 Å². The van der Waals surface area contributed by atoms with Crippen molar-refractivity contribution < 1.29 is 18.0 Å². The van der Waals surface area contributed by atoms with E-state index in [4.69, 9.17) is 0 Å². The molecule has 2 heterocycles. The molecule has 1 amide bonds. The lowest BCUT2D eigenvalue weighted by Gasteiger charge is -2.17. The maximum Gasteiger partial charge on any atom is 0.442 e. The van der Waals surface area contributed by atoms with Crippen molar-refractivity contribution in [1.82, 2.24) is 15.1 Å². The molecular weight excluding hydrogens is 293 g/mol. The fraction of sp³-hybridized carbons (Fsp3) is 0.636. The average Bonchev–Trinajstić information content (AvgIpc) is 2.94. The molecule has 1 N–H and O–H groups in total. The van der Waals surface area contributed by atoms with Crippen molar-refractivity contribution >= 4 is 23.4 Å². The number of thioether (sulfide) groups is 1. The van der Waals surface area contributed by atoms with Crippen LogP contribution in [-0.2, 0) is 11.8 Å². The number of hydrogen-bond donors (Lipinski definition) is 1. The van der Waals surface area contributed by atoms with Gasteiger partial charge in [0, 0.05) is 32.4 Å². The van der Waals surface area contributed by atoms with Crippen LogP contribution >= 0.6 is 11.8 Å². The summed E-state index contributed by atoms with van der Waals surface area (Å²) in [6, 6.07) is -0.114. The van der Waals surface area contributed by atoms with Crippen LogP contribution in [-0.4, -0.2) is 46.1 Å². The van der Waals surface area contributed by atoms with Gasteiger partial charge in [-0.05, 0) is 18.2 Å². The van der Waals surface area contributed by atoms with E-state index in [1.54, 1.807) is 10.9 Å². The highest BCUT2D eigenvalue weighted by Crippen LogP contribution is 2.29. The van der Waals surface area contributed by atoms with Crippen LogP contribution in [0.2, 0.25) is 0 Å². The molecule has 1 aromatic rings. The summed E-state index contributed by atoms with van der Waals surface area (Å²) in [5.74, 6) is -1.17. The van der Waals surface area contributed by atoms with Gasteiger partial charge in [0.25, 0.3) is 0 Å². The molecule has 20 heavy (non-hydrogen) atoms. The molecule has 1 atom stereocenters. The lowest BCUT2D eigenvalue weighted by atomic mass is 10.2. The number of rotatable bonds is 4. The smallest absolute Gasteiger partial charge is 0.367 e. The van der Waals surface area contributed by atoms with Gasteiger partial charge in [-0.25, -0.2) is 0 Å². The van der Waals surface area contributed by atoms with Crippen LogP contribution in [0.25, 0.3) is 0 Å². The maximum atomic E-state index is 12.0. The molecule has 0 radical (unpaired) electrons. The minimum Gasteiger partial charge on any atom is -0.367 e. The summed E-state index contributed by atoms with van der Waals surface area (Å²) >= 11 is -0.313. The first kappa shape index (κ1) is 15.0. The molecule has 1 saturated heterocycles. The SMILES string of the molecule is Cn1cc(N2CC[C@@H](NC(=O)CSC(F)(F)F)C2)cn1. The van der Waals surface area contributed by atoms with Gasteiger partial charge in [-0.3, -0.25) is 9.48 Å². The fourth-order valence-electron chi connectivity index (χ4n) is 2.10. The molecule has 0 spiro atoms. The van der Waals surface area contributed by atoms with E-state index in [-0.39, 0.29) is 17.8 Å². The number of anilines is 1. The number of hydrogen-bond acceptors (Lipinski definition) is 4. The van der Waals surface area contributed by atoms with Crippen LogP contribution < -0.4 is 10.2 Å². The normalized spacial score (nSPS) is 19.4. The van der Waals surface area contributed by atoms with Crippen molar-refractivity contribution in [3.05, 3.63) is 12.4 Å². The molecular formula is C11H15F3N4OS. The lowest BCUT2D eigenvalue weighted by Crippen LogP contribution is -2.38. The Balaban J connectivity index is 1.77. The van der Waals surface area contributed by atoms with Crippen LogP contribution in [0.15, 0.2) is 12.4 Å². The Kier molecular flexibility index (Phi) is 4.46. The summed E-state index contributed by atoms with van der Waals surface area (Å²) in [7, 11) is 1.81. The summed E-state index contributed by atoms with van der Waals surface area (Å²) in [4.78, 5) is 13.5. The number of nitrogens with one attached hydrogen (secondary N) is 1. The zero-order valence-corrected chi connectivity index (χ0v) is 11.7. The number of aryl methyl sites for hydroxylation is 1. The third-order valence-corrected chi connectivity index (χ3v) is 3.71.